The molecule has 27 nitrogen and oxygen atoms in total. The highest BCUT2D eigenvalue weighted by atomic mass is 16.5. The van der Waals surface area contributed by atoms with Gasteiger partial charge in [-0.3, -0.25) is 57.5 Å². The van der Waals surface area contributed by atoms with E-state index >= 15 is 33.6 Å². The zero-order chi connectivity index (χ0) is 77.5. The molecule has 6 N–H and O–H groups in total. The molecular formula is C76H134N12O15. The maximum absolute atomic E-state index is 15.7. The lowest BCUT2D eigenvalue weighted by atomic mass is 9.84. The molecule has 2 saturated carbocycles. The van der Waals surface area contributed by atoms with Crippen molar-refractivity contribution in [3.05, 3.63) is 0 Å². The van der Waals surface area contributed by atoms with Gasteiger partial charge in [0.2, 0.25) is 70.9 Å². The summed E-state index contributed by atoms with van der Waals surface area (Å²) >= 11 is 0. The average Bonchev–Trinajstić information content (AvgIpc) is 0.821. The van der Waals surface area contributed by atoms with Crippen LogP contribution in [0.15, 0.2) is 0 Å². The predicted octanol–water partition coefficient (Wildman–Crippen LogP) is 5.02. The van der Waals surface area contributed by atoms with Gasteiger partial charge < -0.3 is 75.5 Å². The van der Waals surface area contributed by atoms with Gasteiger partial charge in [-0.25, -0.2) is 0 Å². The summed E-state index contributed by atoms with van der Waals surface area (Å²) in [6.07, 6.45) is 10.0. The Morgan fingerprint density at radius 2 is 0.864 bits per heavy atom. The Morgan fingerprint density at radius 3 is 1.33 bits per heavy atom. The van der Waals surface area contributed by atoms with E-state index in [1.165, 1.54) is 73.7 Å². The summed E-state index contributed by atoms with van der Waals surface area (Å²) in [4.78, 5) is 190. The normalized spacial score (nSPS) is 27.0. The number of carbonyl (C=O) groups is 12. The van der Waals surface area contributed by atoms with Gasteiger partial charge in [-0.05, 0) is 120 Å². The minimum absolute atomic E-state index is 0.000432. The Balaban J connectivity index is 1.99. The fourth-order valence-corrected chi connectivity index (χ4v) is 14.4. The van der Waals surface area contributed by atoms with Crippen molar-refractivity contribution in [3.8, 4) is 0 Å². The van der Waals surface area contributed by atoms with Crippen LogP contribution in [0.25, 0.3) is 0 Å². The van der Waals surface area contributed by atoms with Crippen molar-refractivity contribution >= 4 is 70.9 Å². The molecular weight excluding hydrogens is 1320 g/mol. The van der Waals surface area contributed by atoms with Crippen LogP contribution in [0.2, 0.25) is 0 Å². The molecule has 0 radical (unpaired) electrons. The molecule has 103 heavy (non-hydrogen) atoms. The van der Waals surface area contributed by atoms with Crippen molar-refractivity contribution in [2.24, 2.45) is 41.4 Å². The number of likely N-dealkylation sites (N-methyl/N-ethyl adjacent to an activating group) is 6. The first-order valence-electron chi connectivity index (χ1n) is 38.4. The van der Waals surface area contributed by atoms with Crippen LogP contribution in [0.4, 0.5) is 0 Å². The molecule has 4 rings (SSSR count). The van der Waals surface area contributed by atoms with E-state index in [0.717, 1.165) is 75.5 Å². The number of aliphatic hydroxyl groups excluding tert-OH is 1. The second-order valence-electron chi connectivity index (χ2n) is 33.0. The van der Waals surface area contributed by atoms with Gasteiger partial charge in [0.25, 0.3) is 0 Å². The number of nitrogens with one attached hydrogen (secondary N) is 5. The minimum atomic E-state index is -1.49. The Bertz CT molecular complexity index is 2810. The summed E-state index contributed by atoms with van der Waals surface area (Å²) in [6, 6.07) is -13.0. The third-order valence-electron chi connectivity index (χ3n) is 20.7. The van der Waals surface area contributed by atoms with Gasteiger partial charge in [-0.15, -0.1) is 0 Å². The summed E-state index contributed by atoms with van der Waals surface area (Å²) in [7, 11) is 8.68. The van der Waals surface area contributed by atoms with E-state index in [1.54, 1.807) is 53.4 Å². The van der Waals surface area contributed by atoms with E-state index in [4.69, 9.17) is 9.47 Å². The van der Waals surface area contributed by atoms with Gasteiger partial charge in [-0.1, -0.05) is 133 Å². The Labute approximate surface area is 615 Å². The van der Waals surface area contributed by atoms with E-state index in [0.29, 0.717) is 25.9 Å². The summed E-state index contributed by atoms with van der Waals surface area (Å²) in [5.74, 6) is -9.90. The molecule has 4 aliphatic rings. The van der Waals surface area contributed by atoms with Crippen molar-refractivity contribution < 1.29 is 72.1 Å². The topological polar surface area (TPSA) is 326 Å². The maximum Gasteiger partial charge on any atom is 0.247 e. The molecule has 0 aromatic rings. The molecule has 2 aliphatic heterocycles. The maximum atomic E-state index is 15.7. The number of rotatable bonds is 19. The number of amides is 12. The van der Waals surface area contributed by atoms with Crippen LogP contribution in [0.3, 0.4) is 0 Å². The molecule has 4 fully saturated rings. The van der Waals surface area contributed by atoms with Gasteiger partial charge in [0, 0.05) is 55.4 Å². The van der Waals surface area contributed by atoms with E-state index in [9.17, 15) is 29.1 Å². The molecule has 2 saturated heterocycles. The Hall–Kier alpha value is -6.48. The SMILES string of the molecule is CC(C)C[C@H]1C(=O)N[C@@H](COC(C)(C)C)C(=O)N(C)[C@@H](CC2CCCCC2)C(=O)N(C)[C@@H](CC(C)C)C(=O)N[C@H](C(=O)N2CCCCC2)CC(=O)N[C@H](C(C)C)C(=O)N(C)[C@@H](CC2CCCCC2)C(=O)N[C@@H](COC[C@@H](C)O)C(=O)N(C)[C@@H](CC(C)C)C(=O)N[C@@H](C(C)C)C(=O)N(C)CC(=O)N1C. The first-order chi connectivity index (χ1) is 48.1. The summed E-state index contributed by atoms with van der Waals surface area (Å²) in [5.41, 5.74) is -0.825. The molecule has 12 amide bonds. The molecule has 0 aromatic carbocycles. The third-order valence-corrected chi connectivity index (χ3v) is 20.7. The monoisotopic (exact) mass is 1460 g/mol. The molecule has 2 aliphatic carbocycles. The van der Waals surface area contributed by atoms with Gasteiger partial charge in [0.15, 0.2) is 0 Å². The predicted molar refractivity (Wildman–Crippen MR) is 394 cm³/mol. The Morgan fingerprint density at radius 1 is 0.466 bits per heavy atom. The lowest BCUT2D eigenvalue weighted by Crippen LogP contribution is -2.62. The number of nitrogens with zero attached hydrogens (tertiary/aromatic N) is 7. The van der Waals surface area contributed by atoms with Gasteiger partial charge in [-0.2, -0.15) is 0 Å². The summed E-state index contributed by atoms with van der Waals surface area (Å²) in [5, 5.41) is 24.8. The van der Waals surface area contributed by atoms with Crippen molar-refractivity contribution in [3.63, 3.8) is 0 Å². The van der Waals surface area contributed by atoms with Crippen LogP contribution in [-0.4, -0.2) is 264 Å². The van der Waals surface area contributed by atoms with Crippen LogP contribution in [0, 0.1) is 41.4 Å². The van der Waals surface area contributed by atoms with E-state index in [1.807, 2.05) is 41.5 Å². The van der Waals surface area contributed by atoms with Crippen LogP contribution >= 0.6 is 0 Å². The number of hydrogen-bond donors (Lipinski definition) is 6. The molecule has 0 spiro atoms. The summed E-state index contributed by atoms with van der Waals surface area (Å²) < 4.78 is 12.1. The molecule has 0 bridgehead atoms. The smallest absolute Gasteiger partial charge is 0.247 e. The molecule has 0 unspecified atom stereocenters. The van der Waals surface area contributed by atoms with Crippen molar-refractivity contribution in [2.75, 3.05) is 81.7 Å². The number of ether oxygens (including phenoxy) is 2. The molecule has 27 heteroatoms. The van der Waals surface area contributed by atoms with Gasteiger partial charge in [0.1, 0.15) is 60.4 Å². The largest absolute Gasteiger partial charge is 0.391 e. The fourth-order valence-electron chi connectivity index (χ4n) is 14.4. The molecule has 588 valence electrons. The lowest BCUT2D eigenvalue weighted by Gasteiger charge is -2.39. The van der Waals surface area contributed by atoms with E-state index in [2.05, 4.69) is 26.6 Å². The zero-order valence-corrected chi connectivity index (χ0v) is 66.4. The first-order valence-corrected chi connectivity index (χ1v) is 38.4. The van der Waals surface area contributed by atoms with Crippen molar-refractivity contribution in [1.29, 1.82) is 0 Å². The first kappa shape index (κ1) is 88.9. The van der Waals surface area contributed by atoms with E-state index in [-0.39, 0.29) is 74.9 Å². The quantitative estimate of drug-likeness (QED) is 0.0989. The molecule has 2 heterocycles. The number of likely N-dealkylation sites (tertiary alicyclic amines) is 1. The van der Waals surface area contributed by atoms with Crippen LogP contribution in [-0.2, 0) is 67.0 Å². The third kappa shape index (κ3) is 27.7. The van der Waals surface area contributed by atoms with Crippen LogP contribution < -0.4 is 26.6 Å². The fraction of sp³-hybridized carbons (Fsp3) is 0.842. The minimum Gasteiger partial charge on any atom is -0.391 e. The highest BCUT2D eigenvalue weighted by Gasteiger charge is 2.45. The summed E-state index contributed by atoms with van der Waals surface area (Å²) in [6.45, 7) is 24.1. The number of piperidine rings is 1. The Kier molecular flexibility index (Phi) is 36.3. The van der Waals surface area contributed by atoms with Crippen LogP contribution in [0.1, 0.15) is 219 Å². The van der Waals surface area contributed by atoms with E-state index < -0.39 is 174 Å². The van der Waals surface area contributed by atoms with Gasteiger partial charge >= 0.3 is 0 Å². The zero-order valence-electron chi connectivity index (χ0n) is 66.4. The highest BCUT2D eigenvalue weighted by molar-refractivity contribution is 6.00. The lowest BCUT2D eigenvalue weighted by molar-refractivity contribution is -0.152. The van der Waals surface area contributed by atoms with Gasteiger partial charge in [0.05, 0.1) is 44.5 Å². The standard InChI is InChI=1S/C76H134N12O15/c1-46(2)36-57-66(92)79-56(45-103-76(12,13)14)71(97)87(20)61(40-53-32-26-22-27-33-53)73(99)85(18)58(37-47(3)4)67(93)77-54(72(98)88-34-28-23-29-35-88)41-62(90)80-65(50(9)10)75(101)86(19)60(39-52-30-24-21-25-31-52)68(94)78-55(44-102-43-51(11)89)70(96)84(17)59(38-48(5)6)69(95)81-64(49(7)8)74(100)82(15)42-63(91)83(57)16/h46-61,64-65,89H,21-45H2,1-20H3,(H,77,93)(H,78,94)(H,79,92)(H,80,90)(H,81,95)/t51-,54+,55+,56+,57+,58+,59+,60+,61+,64+,65-/m1/s1. The number of aliphatic hydroxyl groups is 1. The molecule has 11 atom stereocenters. The second-order valence-corrected chi connectivity index (χ2v) is 33.0. The van der Waals surface area contributed by atoms with Crippen LogP contribution in [0.5, 0.6) is 0 Å². The number of hydrogen-bond acceptors (Lipinski definition) is 15. The molecule has 0 aromatic heterocycles. The van der Waals surface area contributed by atoms with Crippen molar-refractivity contribution in [1.82, 2.24) is 60.9 Å². The number of carbonyl (C=O) groups excluding carboxylic acids is 12. The average molecular weight is 1460 g/mol. The van der Waals surface area contributed by atoms with Crippen molar-refractivity contribution in [2.45, 2.75) is 291 Å². The second kappa shape index (κ2) is 42.0. The highest BCUT2D eigenvalue weighted by Crippen LogP contribution is 2.32.